The average Bonchev–Trinajstić information content (AvgIpc) is 3.25. The van der Waals surface area contributed by atoms with E-state index in [2.05, 4.69) is 49.8 Å². The number of ether oxygens (including phenoxy) is 2. The highest BCUT2D eigenvalue weighted by atomic mass is 127. The van der Waals surface area contributed by atoms with Gasteiger partial charge in [-0.25, -0.2) is 19.8 Å². The Morgan fingerprint density at radius 3 is 2.51 bits per heavy atom. The summed E-state index contributed by atoms with van der Waals surface area (Å²) in [7, 11) is 0. The molecule has 2 heterocycles. The quantitative estimate of drug-likeness (QED) is 0.122. The van der Waals surface area contributed by atoms with Gasteiger partial charge in [0.25, 0.3) is 0 Å². The number of rotatable bonds is 9. The highest BCUT2D eigenvalue weighted by Crippen LogP contribution is 2.33. The molecule has 0 bridgehead atoms. The summed E-state index contributed by atoms with van der Waals surface area (Å²) < 4.78 is 11.6. The number of esters is 2. The maximum absolute atomic E-state index is 13.2. The molecule has 232 valence electrons. The van der Waals surface area contributed by atoms with Gasteiger partial charge in [0.05, 0.1) is 3.70 Å². The first-order chi connectivity index (χ1) is 20.2. The largest absolute Gasteiger partial charge is 0.444 e. The molecule has 1 aliphatic heterocycles. The lowest BCUT2D eigenvalue weighted by Crippen LogP contribution is -2.52. The molecule has 0 spiro atoms. The number of carbonyl (C=O) groups is 3. The van der Waals surface area contributed by atoms with E-state index in [1.54, 1.807) is 20.8 Å². The molecule has 1 aliphatic rings. The molecule has 2 aromatic carbocycles. The molecule has 2 atom stereocenters. The number of aromatic amines is 1. The number of aliphatic hydroxyl groups excluding tert-OH is 1. The smallest absolute Gasteiger partial charge is 0.408 e. The van der Waals surface area contributed by atoms with Crippen LogP contribution in [0.1, 0.15) is 58.6 Å². The maximum atomic E-state index is 13.2. The van der Waals surface area contributed by atoms with Gasteiger partial charge in [-0.3, -0.25) is 5.43 Å². The van der Waals surface area contributed by atoms with Gasteiger partial charge in [-0.05, 0) is 102 Å². The zero-order valence-corrected chi connectivity index (χ0v) is 27.5. The Balaban J connectivity index is 1.58. The number of fused-ring (bicyclic) bond motifs is 1. The molecule has 0 saturated carbocycles. The lowest BCUT2D eigenvalue weighted by molar-refractivity contribution is -0.163. The van der Waals surface area contributed by atoms with E-state index in [0.29, 0.717) is 6.42 Å². The zero-order chi connectivity index (χ0) is 31.4. The summed E-state index contributed by atoms with van der Waals surface area (Å²) in [6.07, 6.45) is 1.34. The number of aromatic nitrogens is 1. The summed E-state index contributed by atoms with van der Waals surface area (Å²) >= 11 is 2.30. The van der Waals surface area contributed by atoms with Crippen LogP contribution in [0.5, 0.6) is 0 Å². The van der Waals surface area contributed by atoms with Gasteiger partial charge in [-0.1, -0.05) is 44.2 Å². The predicted molar refractivity (Wildman–Crippen MR) is 173 cm³/mol. The molecule has 1 fully saturated rings. The minimum atomic E-state index is -1.15. The molecule has 11 heteroatoms. The molecule has 43 heavy (non-hydrogen) atoms. The first-order valence-electron chi connectivity index (χ1n) is 14.5. The van der Waals surface area contributed by atoms with Crippen molar-refractivity contribution in [2.45, 2.75) is 78.0 Å². The fourth-order valence-electron chi connectivity index (χ4n) is 4.94. The van der Waals surface area contributed by atoms with Crippen molar-refractivity contribution in [3.05, 3.63) is 57.3 Å². The number of halogens is 1. The Bertz CT molecular complexity index is 1470. The number of hydrazine groups is 1. The van der Waals surface area contributed by atoms with Gasteiger partial charge in [-0.2, -0.15) is 0 Å². The average molecular weight is 705 g/mol. The van der Waals surface area contributed by atoms with E-state index in [1.165, 1.54) is 0 Å². The van der Waals surface area contributed by atoms with Gasteiger partial charge in [0, 0.05) is 30.5 Å². The SMILES string of the molecule is CC(C)(CO)Cc1c(I)[nH]c2ccc(-c3cccc(C[C@H](NC(=O)OC(C)(C)C)C(=O)OC(=O)C4CCCNN4)c3)cc12. The number of alkyl carbamates (subject to hydrolysis) is 1. The standard InChI is InChI=1S/C32H41IN4O6/c1-31(2,3)43-30(41)36-26(29(40)42-28(39)25-10-7-13-34-37-25)15-19-8-6-9-20(14-19)21-11-12-24-22(16-21)23(27(33)35-24)17-32(4,5)18-38/h6,8-9,11-12,14,16,25-26,34-35,37-38H,7,10,13,15,17-18H2,1-5H3,(H,36,41)/t25?,26-/m0/s1. The number of H-pyrrole nitrogens is 1. The van der Waals surface area contributed by atoms with E-state index in [1.807, 2.05) is 50.2 Å². The van der Waals surface area contributed by atoms with Crippen molar-refractivity contribution >= 4 is 51.5 Å². The highest BCUT2D eigenvalue weighted by Gasteiger charge is 2.31. The van der Waals surface area contributed by atoms with Crippen LogP contribution in [0.15, 0.2) is 42.5 Å². The lowest BCUT2D eigenvalue weighted by atomic mass is 9.86. The number of hydrogen-bond donors (Lipinski definition) is 5. The number of amides is 1. The Hall–Kier alpha value is -3.00. The van der Waals surface area contributed by atoms with Gasteiger partial charge in [0.2, 0.25) is 0 Å². The molecule has 3 aromatic rings. The third-order valence-corrected chi connectivity index (χ3v) is 8.09. The van der Waals surface area contributed by atoms with Crippen LogP contribution in [0.2, 0.25) is 0 Å². The second kappa shape index (κ2) is 13.7. The number of nitrogens with one attached hydrogen (secondary N) is 4. The van der Waals surface area contributed by atoms with Crippen LogP contribution in [0.3, 0.4) is 0 Å². The normalized spacial score (nSPS) is 16.5. The fourth-order valence-corrected chi connectivity index (χ4v) is 5.71. The van der Waals surface area contributed by atoms with Crippen LogP contribution in [-0.4, -0.2) is 59.0 Å². The Kier molecular flexibility index (Phi) is 10.5. The van der Waals surface area contributed by atoms with Gasteiger partial charge < -0.3 is 24.9 Å². The molecular formula is C32H41IN4O6. The lowest BCUT2D eigenvalue weighted by Gasteiger charge is -2.25. The third kappa shape index (κ3) is 9.01. The van der Waals surface area contributed by atoms with Crippen LogP contribution < -0.4 is 16.2 Å². The molecule has 10 nitrogen and oxygen atoms in total. The molecule has 5 N–H and O–H groups in total. The molecule has 0 radical (unpaired) electrons. The van der Waals surface area contributed by atoms with Gasteiger partial charge in [0.1, 0.15) is 17.7 Å². The molecule has 0 aliphatic carbocycles. The van der Waals surface area contributed by atoms with Crippen LogP contribution in [0.4, 0.5) is 4.79 Å². The van der Waals surface area contributed by atoms with Crippen molar-refractivity contribution < 1.29 is 29.0 Å². The van der Waals surface area contributed by atoms with Crippen LogP contribution in [0, 0.1) is 9.12 Å². The molecule has 4 rings (SSSR count). The monoisotopic (exact) mass is 704 g/mol. The van der Waals surface area contributed by atoms with Crippen LogP contribution >= 0.6 is 22.6 Å². The second-order valence-corrected chi connectivity index (χ2v) is 13.9. The molecule has 1 unspecified atom stereocenters. The Morgan fingerprint density at radius 2 is 1.84 bits per heavy atom. The molecular weight excluding hydrogens is 663 g/mol. The minimum absolute atomic E-state index is 0.0814. The summed E-state index contributed by atoms with van der Waals surface area (Å²) in [4.78, 5) is 41.9. The van der Waals surface area contributed by atoms with Crippen molar-refractivity contribution in [3.8, 4) is 11.1 Å². The van der Waals surface area contributed by atoms with E-state index in [4.69, 9.17) is 9.47 Å². The second-order valence-electron chi connectivity index (χ2n) is 12.8. The van der Waals surface area contributed by atoms with E-state index in [0.717, 1.165) is 56.2 Å². The molecule has 1 amide bonds. The third-order valence-electron chi connectivity index (χ3n) is 7.17. The van der Waals surface area contributed by atoms with Crippen LogP contribution in [-0.2, 0) is 31.9 Å². The number of benzene rings is 2. The summed E-state index contributed by atoms with van der Waals surface area (Å²) in [6.45, 7) is 10.1. The fraction of sp³-hybridized carbons (Fsp3) is 0.469. The van der Waals surface area contributed by atoms with E-state index >= 15 is 0 Å². The first-order valence-corrected chi connectivity index (χ1v) is 15.6. The Morgan fingerprint density at radius 1 is 1.09 bits per heavy atom. The van der Waals surface area contributed by atoms with E-state index < -0.39 is 35.7 Å². The van der Waals surface area contributed by atoms with Gasteiger partial charge >= 0.3 is 18.0 Å². The summed E-state index contributed by atoms with van der Waals surface area (Å²) in [5, 5.41) is 13.5. The van der Waals surface area contributed by atoms with Gasteiger partial charge in [0.15, 0.2) is 0 Å². The number of hydrogen-bond acceptors (Lipinski definition) is 8. The van der Waals surface area contributed by atoms with Crippen molar-refractivity contribution in [1.29, 1.82) is 0 Å². The van der Waals surface area contributed by atoms with E-state index in [-0.39, 0.29) is 18.4 Å². The summed E-state index contributed by atoms with van der Waals surface area (Å²) in [5.41, 5.74) is 9.57. The molecule has 1 saturated heterocycles. The van der Waals surface area contributed by atoms with Crippen molar-refractivity contribution in [1.82, 2.24) is 21.2 Å². The predicted octanol–water partition coefficient (Wildman–Crippen LogP) is 4.76. The minimum Gasteiger partial charge on any atom is -0.444 e. The van der Waals surface area contributed by atoms with Crippen LogP contribution in [0.25, 0.3) is 22.0 Å². The molecule has 1 aromatic heterocycles. The zero-order valence-electron chi connectivity index (χ0n) is 25.3. The van der Waals surface area contributed by atoms with Crippen molar-refractivity contribution in [2.75, 3.05) is 13.2 Å². The first kappa shape index (κ1) is 32.9. The summed E-state index contributed by atoms with van der Waals surface area (Å²) in [5.74, 6) is -1.55. The van der Waals surface area contributed by atoms with Crippen molar-refractivity contribution in [3.63, 3.8) is 0 Å². The summed E-state index contributed by atoms with van der Waals surface area (Å²) in [6, 6.07) is 12.1. The topological polar surface area (TPSA) is 142 Å². The highest BCUT2D eigenvalue weighted by molar-refractivity contribution is 14.1. The van der Waals surface area contributed by atoms with Crippen molar-refractivity contribution in [2.24, 2.45) is 5.41 Å². The maximum Gasteiger partial charge on any atom is 0.408 e. The Labute approximate surface area is 265 Å². The van der Waals surface area contributed by atoms with E-state index in [9.17, 15) is 19.5 Å². The number of carbonyl (C=O) groups excluding carboxylic acids is 3. The van der Waals surface area contributed by atoms with Gasteiger partial charge in [-0.15, -0.1) is 0 Å². The number of aliphatic hydroxyl groups is 1.